The molecule has 0 saturated heterocycles. The van der Waals surface area contributed by atoms with E-state index in [-0.39, 0.29) is 34.9 Å². The van der Waals surface area contributed by atoms with Crippen molar-refractivity contribution in [3.8, 4) is 0 Å². The maximum absolute atomic E-state index is 12.8. The SMILES string of the molecule is CCS(=O)(=O)c1ccc(CC(=O)Nc2nc3c(s2)CN(Cc2ccc(C(F)(F)F)nc2)C3C(C)C)nc1. The summed E-state index contributed by atoms with van der Waals surface area (Å²) in [5.41, 5.74) is 1.04. The number of thiazole rings is 1. The van der Waals surface area contributed by atoms with Gasteiger partial charge >= 0.3 is 6.18 Å². The zero-order valence-corrected chi connectivity index (χ0v) is 22.0. The normalized spacial score (nSPS) is 16.2. The molecule has 8 nitrogen and oxygen atoms in total. The lowest BCUT2D eigenvalue weighted by Crippen LogP contribution is -2.26. The van der Waals surface area contributed by atoms with Gasteiger partial charge in [-0.15, -0.1) is 11.3 Å². The zero-order valence-electron chi connectivity index (χ0n) is 20.4. The maximum Gasteiger partial charge on any atom is 0.433 e. The molecule has 4 heterocycles. The molecule has 13 heteroatoms. The highest BCUT2D eigenvalue weighted by Crippen LogP contribution is 2.43. The van der Waals surface area contributed by atoms with Gasteiger partial charge in [-0.3, -0.25) is 19.7 Å². The molecule has 3 aromatic heterocycles. The van der Waals surface area contributed by atoms with E-state index in [1.165, 1.54) is 41.9 Å². The summed E-state index contributed by atoms with van der Waals surface area (Å²) in [5.74, 6) is -0.171. The van der Waals surface area contributed by atoms with Crippen LogP contribution in [0.25, 0.3) is 0 Å². The summed E-state index contributed by atoms with van der Waals surface area (Å²) >= 11 is 1.36. The summed E-state index contributed by atoms with van der Waals surface area (Å²) in [6.07, 6.45) is -1.99. The first-order valence-electron chi connectivity index (χ1n) is 11.6. The topological polar surface area (TPSA) is 105 Å². The minimum Gasteiger partial charge on any atom is -0.302 e. The molecule has 1 N–H and O–H groups in total. The molecule has 0 saturated carbocycles. The van der Waals surface area contributed by atoms with Crippen LogP contribution >= 0.6 is 11.3 Å². The molecular weight excluding hydrogens is 527 g/mol. The quantitative estimate of drug-likeness (QED) is 0.433. The lowest BCUT2D eigenvalue weighted by molar-refractivity contribution is -0.141. The fourth-order valence-corrected chi connectivity index (χ4v) is 6.09. The number of rotatable bonds is 8. The maximum atomic E-state index is 12.8. The van der Waals surface area contributed by atoms with Gasteiger partial charge in [0.25, 0.3) is 0 Å². The number of carbonyl (C=O) groups is 1. The molecule has 1 amide bonds. The van der Waals surface area contributed by atoms with Crippen molar-refractivity contribution in [3.05, 3.63) is 64.2 Å². The molecule has 0 spiro atoms. The van der Waals surface area contributed by atoms with Crippen LogP contribution in [-0.2, 0) is 40.3 Å². The minimum absolute atomic E-state index is 0.0285. The van der Waals surface area contributed by atoms with E-state index in [0.29, 0.717) is 29.5 Å². The number of fused-ring (bicyclic) bond motifs is 1. The molecule has 0 bridgehead atoms. The van der Waals surface area contributed by atoms with Crippen molar-refractivity contribution in [2.24, 2.45) is 5.92 Å². The molecule has 0 aromatic carbocycles. The van der Waals surface area contributed by atoms with Gasteiger partial charge < -0.3 is 5.32 Å². The van der Waals surface area contributed by atoms with Crippen LogP contribution in [-0.4, -0.2) is 39.9 Å². The van der Waals surface area contributed by atoms with E-state index in [1.807, 2.05) is 13.8 Å². The first kappa shape index (κ1) is 27.1. The Balaban J connectivity index is 1.41. The molecule has 3 aromatic rings. The third kappa shape index (κ3) is 6.16. The fourth-order valence-electron chi connectivity index (χ4n) is 4.22. The standard InChI is InChI=1S/C24H26F3N5O3S2/c1-4-37(34,35)17-7-6-16(28-11-17)9-20(33)30-23-31-21-18(36-23)13-32(22(21)14(2)3)12-15-5-8-19(29-10-15)24(25,26)27/h5-8,10-11,14,22H,4,9,12-13H2,1-3H3,(H,30,31,33). The molecule has 0 radical (unpaired) electrons. The number of alkyl halides is 3. The van der Waals surface area contributed by atoms with Crippen molar-refractivity contribution in [1.82, 2.24) is 19.9 Å². The van der Waals surface area contributed by atoms with Crippen molar-refractivity contribution < 1.29 is 26.4 Å². The zero-order chi connectivity index (χ0) is 27.0. The molecule has 1 unspecified atom stereocenters. The summed E-state index contributed by atoms with van der Waals surface area (Å²) in [7, 11) is -3.36. The highest BCUT2D eigenvalue weighted by molar-refractivity contribution is 7.91. The largest absolute Gasteiger partial charge is 0.433 e. The van der Waals surface area contributed by atoms with Crippen LogP contribution in [0.2, 0.25) is 0 Å². The lowest BCUT2D eigenvalue weighted by Gasteiger charge is -2.27. The number of amides is 1. The van der Waals surface area contributed by atoms with Gasteiger partial charge in [0.15, 0.2) is 15.0 Å². The van der Waals surface area contributed by atoms with Gasteiger partial charge in [-0.1, -0.05) is 26.8 Å². The van der Waals surface area contributed by atoms with Gasteiger partial charge in [-0.05, 0) is 29.7 Å². The van der Waals surface area contributed by atoms with E-state index in [4.69, 9.17) is 0 Å². The number of hydrogen-bond acceptors (Lipinski definition) is 8. The molecule has 198 valence electrons. The van der Waals surface area contributed by atoms with Crippen molar-refractivity contribution in [2.75, 3.05) is 11.1 Å². The highest BCUT2D eigenvalue weighted by atomic mass is 32.2. The van der Waals surface area contributed by atoms with Gasteiger partial charge in [0.05, 0.1) is 28.8 Å². The first-order valence-corrected chi connectivity index (χ1v) is 14.1. The summed E-state index contributed by atoms with van der Waals surface area (Å²) in [4.78, 5) is 28.1. The monoisotopic (exact) mass is 553 g/mol. The molecule has 0 aliphatic carbocycles. The molecule has 37 heavy (non-hydrogen) atoms. The highest BCUT2D eigenvalue weighted by Gasteiger charge is 2.37. The van der Waals surface area contributed by atoms with Crippen molar-refractivity contribution in [2.45, 2.75) is 57.4 Å². The number of carbonyl (C=O) groups excluding carboxylic acids is 1. The Hall–Kier alpha value is -2.90. The number of halogens is 3. The Bertz CT molecular complexity index is 1370. The van der Waals surface area contributed by atoms with E-state index >= 15 is 0 Å². The third-order valence-corrected chi connectivity index (χ3v) is 8.70. The van der Waals surface area contributed by atoms with Gasteiger partial charge in [0, 0.05) is 36.1 Å². The summed E-state index contributed by atoms with van der Waals surface area (Å²) in [5, 5.41) is 3.26. The number of anilines is 1. The van der Waals surface area contributed by atoms with Crippen molar-refractivity contribution in [3.63, 3.8) is 0 Å². The Morgan fingerprint density at radius 2 is 1.95 bits per heavy atom. The second-order valence-electron chi connectivity index (χ2n) is 9.08. The minimum atomic E-state index is -4.48. The summed E-state index contributed by atoms with van der Waals surface area (Å²) in [6.45, 7) is 6.62. The van der Waals surface area contributed by atoms with Gasteiger partial charge in [0.1, 0.15) is 5.69 Å². The molecule has 0 fully saturated rings. The van der Waals surface area contributed by atoms with Crippen LogP contribution in [0.1, 0.15) is 54.3 Å². The number of nitrogens with one attached hydrogen (secondary N) is 1. The fraction of sp³-hybridized carbons (Fsp3) is 0.417. The van der Waals surface area contributed by atoms with Gasteiger partial charge in [-0.2, -0.15) is 13.2 Å². The van der Waals surface area contributed by atoms with Gasteiger partial charge in [-0.25, -0.2) is 13.4 Å². The van der Waals surface area contributed by atoms with Gasteiger partial charge in [0.2, 0.25) is 5.91 Å². The van der Waals surface area contributed by atoms with E-state index < -0.39 is 21.7 Å². The second kappa shape index (κ2) is 10.5. The number of aromatic nitrogens is 3. The average Bonchev–Trinajstić information content (AvgIpc) is 3.35. The third-order valence-electron chi connectivity index (χ3n) is 6.00. The van der Waals surface area contributed by atoms with Crippen molar-refractivity contribution >= 4 is 32.2 Å². The Labute approximate surface area is 216 Å². The molecule has 4 rings (SSSR count). The van der Waals surface area contributed by atoms with Crippen LogP contribution < -0.4 is 5.32 Å². The smallest absolute Gasteiger partial charge is 0.302 e. The molecule has 1 aliphatic rings. The van der Waals surface area contributed by atoms with Crippen LogP contribution in [0.3, 0.4) is 0 Å². The van der Waals surface area contributed by atoms with E-state index in [0.717, 1.165) is 16.6 Å². The number of pyridine rings is 2. The van der Waals surface area contributed by atoms with Crippen LogP contribution in [0.15, 0.2) is 41.6 Å². The van der Waals surface area contributed by atoms with Crippen LogP contribution in [0.4, 0.5) is 18.3 Å². The summed E-state index contributed by atoms with van der Waals surface area (Å²) in [6, 6.07) is 5.33. The Morgan fingerprint density at radius 3 is 2.51 bits per heavy atom. The van der Waals surface area contributed by atoms with Crippen LogP contribution in [0.5, 0.6) is 0 Å². The molecular formula is C24H26F3N5O3S2. The van der Waals surface area contributed by atoms with E-state index in [9.17, 15) is 26.4 Å². The van der Waals surface area contributed by atoms with Crippen LogP contribution in [0, 0.1) is 5.92 Å². The number of sulfone groups is 1. The summed E-state index contributed by atoms with van der Waals surface area (Å²) < 4.78 is 62.3. The number of hydrogen-bond donors (Lipinski definition) is 1. The first-order chi connectivity index (χ1) is 17.4. The molecule has 1 atom stereocenters. The number of nitrogens with zero attached hydrogens (tertiary/aromatic N) is 4. The molecule has 1 aliphatic heterocycles. The van der Waals surface area contributed by atoms with E-state index in [1.54, 1.807) is 6.92 Å². The average molecular weight is 554 g/mol. The predicted octanol–water partition coefficient (Wildman–Crippen LogP) is 4.64. The Kier molecular flexibility index (Phi) is 7.67. The predicted molar refractivity (Wildman–Crippen MR) is 132 cm³/mol. The van der Waals surface area contributed by atoms with Crippen molar-refractivity contribution in [1.29, 1.82) is 0 Å². The second-order valence-corrected chi connectivity index (χ2v) is 12.4. The lowest BCUT2D eigenvalue weighted by atomic mass is 10.0. The Morgan fingerprint density at radius 1 is 1.19 bits per heavy atom. The van der Waals surface area contributed by atoms with E-state index in [2.05, 4.69) is 25.2 Å².